The van der Waals surface area contributed by atoms with E-state index in [0.717, 1.165) is 30.1 Å². The van der Waals surface area contributed by atoms with Gasteiger partial charge in [0.1, 0.15) is 5.75 Å². The summed E-state index contributed by atoms with van der Waals surface area (Å²) in [5, 5.41) is 5.60. The van der Waals surface area contributed by atoms with Crippen LogP contribution in [0.5, 0.6) is 5.75 Å². The third-order valence-corrected chi connectivity index (χ3v) is 5.07. The topological polar surface area (TPSA) is 73.9 Å². The number of nitrogens with zero attached hydrogens (tertiary/aromatic N) is 2. The molecule has 3 amide bonds. The molecule has 0 saturated carbocycles. The van der Waals surface area contributed by atoms with Crippen LogP contribution in [0.1, 0.15) is 29.8 Å². The van der Waals surface area contributed by atoms with Crippen LogP contribution in [-0.2, 0) is 6.54 Å². The molecule has 0 atom stereocenters. The van der Waals surface area contributed by atoms with Gasteiger partial charge < -0.3 is 25.2 Å². The number of anilines is 1. The van der Waals surface area contributed by atoms with Crippen molar-refractivity contribution in [3.8, 4) is 5.75 Å². The first-order valence-corrected chi connectivity index (χ1v) is 10.3. The second kappa shape index (κ2) is 10.0. The summed E-state index contributed by atoms with van der Waals surface area (Å²) in [6, 6.07) is 15.3. The van der Waals surface area contributed by atoms with Gasteiger partial charge in [0.25, 0.3) is 5.91 Å². The normalized spacial score (nSPS) is 13.9. The summed E-state index contributed by atoms with van der Waals surface area (Å²) in [7, 11) is 1.68. The summed E-state index contributed by atoms with van der Waals surface area (Å²) in [5.41, 5.74) is 2.67. The molecule has 2 N–H and O–H groups in total. The van der Waals surface area contributed by atoms with E-state index >= 15 is 0 Å². The maximum absolute atomic E-state index is 12.9. The van der Waals surface area contributed by atoms with Crippen LogP contribution >= 0.6 is 0 Å². The number of urea groups is 1. The highest BCUT2D eigenvalue weighted by molar-refractivity contribution is 5.94. The van der Waals surface area contributed by atoms with E-state index < -0.39 is 0 Å². The van der Waals surface area contributed by atoms with E-state index in [1.807, 2.05) is 67.3 Å². The highest BCUT2D eigenvalue weighted by atomic mass is 16.5. The summed E-state index contributed by atoms with van der Waals surface area (Å²) in [4.78, 5) is 28.7. The van der Waals surface area contributed by atoms with E-state index in [0.29, 0.717) is 25.2 Å². The molecule has 2 aromatic carbocycles. The maximum Gasteiger partial charge on any atom is 0.315 e. The Morgan fingerprint density at radius 1 is 1.00 bits per heavy atom. The van der Waals surface area contributed by atoms with E-state index in [1.165, 1.54) is 0 Å². The van der Waals surface area contributed by atoms with Crippen molar-refractivity contribution in [2.75, 3.05) is 38.2 Å². The van der Waals surface area contributed by atoms with Crippen molar-refractivity contribution in [3.63, 3.8) is 0 Å². The van der Waals surface area contributed by atoms with Crippen molar-refractivity contribution in [1.82, 2.24) is 15.5 Å². The third kappa shape index (κ3) is 5.43. The monoisotopic (exact) mass is 410 g/mol. The van der Waals surface area contributed by atoms with Crippen LogP contribution in [0.4, 0.5) is 10.5 Å². The lowest BCUT2D eigenvalue weighted by molar-refractivity contribution is 0.0746. The number of carbonyl (C=O) groups is 2. The molecule has 0 aromatic heterocycles. The van der Waals surface area contributed by atoms with Gasteiger partial charge in [-0.25, -0.2) is 4.79 Å². The number of methoxy groups -OCH3 is 1. The predicted octanol–water partition coefficient (Wildman–Crippen LogP) is 2.87. The lowest BCUT2D eigenvalue weighted by Crippen LogP contribution is -2.48. The number of ether oxygens (including phenoxy) is 1. The number of piperazine rings is 1. The van der Waals surface area contributed by atoms with Gasteiger partial charge in [0.05, 0.1) is 12.8 Å². The zero-order valence-electron chi connectivity index (χ0n) is 17.9. The molecule has 1 aliphatic rings. The Morgan fingerprint density at radius 2 is 1.67 bits per heavy atom. The van der Waals surface area contributed by atoms with Gasteiger partial charge in [0.15, 0.2) is 0 Å². The van der Waals surface area contributed by atoms with Crippen molar-refractivity contribution in [2.45, 2.75) is 26.4 Å². The van der Waals surface area contributed by atoms with E-state index in [4.69, 9.17) is 4.74 Å². The highest BCUT2D eigenvalue weighted by Gasteiger charge is 2.23. The van der Waals surface area contributed by atoms with Crippen molar-refractivity contribution in [3.05, 3.63) is 59.7 Å². The fraction of sp³-hybridized carbons (Fsp3) is 0.391. The van der Waals surface area contributed by atoms with E-state index in [9.17, 15) is 9.59 Å². The van der Waals surface area contributed by atoms with E-state index in [2.05, 4.69) is 15.5 Å². The van der Waals surface area contributed by atoms with Gasteiger partial charge in [0.2, 0.25) is 0 Å². The molecule has 1 fully saturated rings. The summed E-state index contributed by atoms with van der Waals surface area (Å²) in [5.74, 6) is 0.885. The molecule has 7 heteroatoms. The lowest BCUT2D eigenvalue weighted by atomic mass is 10.1. The Balaban J connectivity index is 1.53. The summed E-state index contributed by atoms with van der Waals surface area (Å²) in [6.45, 7) is 7.10. The van der Waals surface area contributed by atoms with Crippen molar-refractivity contribution in [2.24, 2.45) is 0 Å². The van der Waals surface area contributed by atoms with Gasteiger partial charge in [-0.3, -0.25) is 4.79 Å². The average Bonchev–Trinajstić information content (AvgIpc) is 2.77. The van der Waals surface area contributed by atoms with Gasteiger partial charge in [-0.1, -0.05) is 24.3 Å². The first-order chi connectivity index (χ1) is 14.5. The number of hydrogen-bond donors (Lipinski definition) is 2. The van der Waals surface area contributed by atoms with Gasteiger partial charge in [0, 0.05) is 44.3 Å². The molecule has 2 aromatic rings. The zero-order valence-corrected chi connectivity index (χ0v) is 17.9. The fourth-order valence-corrected chi connectivity index (χ4v) is 3.48. The predicted molar refractivity (Wildman–Crippen MR) is 118 cm³/mol. The van der Waals surface area contributed by atoms with Crippen LogP contribution in [0.25, 0.3) is 0 Å². The number of hydrogen-bond acceptors (Lipinski definition) is 4. The van der Waals surface area contributed by atoms with Crippen molar-refractivity contribution >= 4 is 17.6 Å². The standard InChI is InChI=1S/C23H30N4O3/c1-17(2)25-23(29)24-16-18-8-10-19(11-9-18)22(28)27-14-12-26(13-15-27)20-6-4-5-7-21(20)30-3/h4-11,17H,12-16H2,1-3H3,(H2,24,25,29). The molecule has 30 heavy (non-hydrogen) atoms. The van der Waals surface area contributed by atoms with Crippen LogP contribution < -0.4 is 20.3 Å². The number of para-hydroxylation sites is 2. The quantitative estimate of drug-likeness (QED) is 0.768. The molecular formula is C23H30N4O3. The molecule has 1 saturated heterocycles. The molecule has 0 unspecified atom stereocenters. The number of amides is 3. The minimum absolute atomic E-state index is 0.0340. The second-order valence-electron chi connectivity index (χ2n) is 7.63. The Labute approximate surface area is 178 Å². The Morgan fingerprint density at radius 3 is 2.30 bits per heavy atom. The Kier molecular flexibility index (Phi) is 7.17. The van der Waals surface area contributed by atoms with Crippen LogP contribution in [0.15, 0.2) is 48.5 Å². The van der Waals surface area contributed by atoms with Crippen LogP contribution in [0.2, 0.25) is 0 Å². The second-order valence-corrected chi connectivity index (χ2v) is 7.63. The SMILES string of the molecule is COc1ccccc1N1CCN(C(=O)c2ccc(CNC(=O)NC(C)C)cc2)CC1. The summed E-state index contributed by atoms with van der Waals surface area (Å²) in [6.07, 6.45) is 0. The molecular weight excluding hydrogens is 380 g/mol. The summed E-state index contributed by atoms with van der Waals surface area (Å²) < 4.78 is 5.45. The van der Waals surface area contributed by atoms with Gasteiger partial charge in [-0.2, -0.15) is 0 Å². The summed E-state index contributed by atoms with van der Waals surface area (Å²) >= 11 is 0. The fourth-order valence-electron chi connectivity index (χ4n) is 3.48. The Bertz CT molecular complexity index is 859. The molecule has 160 valence electrons. The molecule has 3 rings (SSSR count). The smallest absolute Gasteiger partial charge is 0.315 e. The minimum Gasteiger partial charge on any atom is -0.495 e. The Hall–Kier alpha value is -3.22. The van der Waals surface area contributed by atoms with Crippen LogP contribution in [-0.4, -0.2) is 56.2 Å². The maximum atomic E-state index is 12.9. The lowest BCUT2D eigenvalue weighted by Gasteiger charge is -2.36. The molecule has 0 radical (unpaired) electrons. The van der Waals surface area contributed by atoms with Crippen molar-refractivity contribution in [1.29, 1.82) is 0 Å². The molecule has 0 aliphatic carbocycles. The average molecular weight is 411 g/mol. The van der Waals surface area contributed by atoms with Crippen LogP contribution in [0, 0.1) is 0 Å². The van der Waals surface area contributed by atoms with Crippen molar-refractivity contribution < 1.29 is 14.3 Å². The number of rotatable bonds is 6. The van der Waals surface area contributed by atoms with Gasteiger partial charge in [-0.05, 0) is 43.7 Å². The van der Waals surface area contributed by atoms with Crippen LogP contribution in [0.3, 0.4) is 0 Å². The zero-order chi connectivity index (χ0) is 21.5. The van der Waals surface area contributed by atoms with Gasteiger partial charge >= 0.3 is 6.03 Å². The van der Waals surface area contributed by atoms with E-state index in [1.54, 1.807) is 7.11 Å². The number of nitrogens with one attached hydrogen (secondary N) is 2. The first kappa shape index (κ1) is 21.5. The van der Waals surface area contributed by atoms with Gasteiger partial charge in [-0.15, -0.1) is 0 Å². The molecule has 1 heterocycles. The number of benzene rings is 2. The molecule has 1 aliphatic heterocycles. The molecule has 0 bridgehead atoms. The molecule has 7 nitrogen and oxygen atoms in total. The minimum atomic E-state index is -0.196. The van der Waals surface area contributed by atoms with E-state index in [-0.39, 0.29) is 18.0 Å². The first-order valence-electron chi connectivity index (χ1n) is 10.3. The third-order valence-electron chi connectivity index (χ3n) is 5.07. The largest absolute Gasteiger partial charge is 0.495 e. The molecule has 0 spiro atoms. The number of carbonyl (C=O) groups excluding carboxylic acids is 2. The highest BCUT2D eigenvalue weighted by Crippen LogP contribution is 2.28.